The third kappa shape index (κ3) is 5.30. The van der Waals surface area contributed by atoms with Crippen LogP contribution in [-0.2, 0) is 16.0 Å². The summed E-state index contributed by atoms with van der Waals surface area (Å²) in [6, 6.07) is 12.6. The summed E-state index contributed by atoms with van der Waals surface area (Å²) in [4.78, 5) is 21.4. The van der Waals surface area contributed by atoms with Crippen LogP contribution >= 0.6 is 23.1 Å². The number of thioether (sulfide) groups is 1. The average Bonchev–Trinajstić information content (AvgIpc) is 3.40. The zero-order chi connectivity index (χ0) is 22.0. The number of carbonyl (C=O) groups excluding carboxylic acids is 1. The van der Waals surface area contributed by atoms with Crippen LogP contribution in [0.5, 0.6) is 0 Å². The van der Waals surface area contributed by atoms with Crippen molar-refractivity contribution in [2.24, 2.45) is 0 Å². The van der Waals surface area contributed by atoms with Gasteiger partial charge in [-0.3, -0.25) is 9.69 Å². The molecule has 0 aliphatic carbocycles. The molecular weight excluding hydrogens is 424 g/mol. The number of nitrogens with zero attached hydrogens (tertiary/aromatic N) is 2. The summed E-state index contributed by atoms with van der Waals surface area (Å²) in [5.41, 5.74) is 4.44. The molecule has 0 spiro atoms. The van der Waals surface area contributed by atoms with Gasteiger partial charge in [-0.1, -0.05) is 43.4 Å². The number of amides is 1. The van der Waals surface area contributed by atoms with Crippen LogP contribution in [0, 0.1) is 13.8 Å². The van der Waals surface area contributed by atoms with E-state index in [-0.39, 0.29) is 12.0 Å². The van der Waals surface area contributed by atoms with Crippen LogP contribution < -0.4 is 4.90 Å². The lowest BCUT2D eigenvalue weighted by molar-refractivity contribution is -0.118. The van der Waals surface area contributed by atoms with Crippen molar-refractivity contribution in [1.82, 2.24) is 4.98 Å². The summed E-state index contributed by atoms with van der Waals surface area (Å²) >= 11 is 3.43. The first-order valence-corrected chi connectivity index (χ1v) is 12.6. The van der Waals surface area contributed by atoms with Gasteiger partial charge >= 0.3 is 0 Å². The molecule has 0 bridgehead atoms. The minimum absolute atomic E-state index is 0.0770. The molecule has 2 aromatic carbocycles. The van der Waals surface area contributed by atoms with Gasteiger partial charge in [0.25, 0.3) is 0 Å². The number of hydrogen-bond donors (Lipinski definition) is 0. The zero-order valence-electron chi connectivity index (χ0n) is 18.7. The Hall–Kier alpha value is -1.89. The molecule has 2 heterocycles. The van der Waals surface area contributed by atoms with E-state index >= 15 is 0 Å². The molecule has 1 aromatic heterocycles. The predicted molar refractivity (Wildman–Crippen MR) is 132 cm³/mol. The fourth-order valence-corrected chi connectivity index (χ4v) is 5.73. The minimum Gasteiger partial charge on any atom is -0.376 e. The number of carbonyl (C=O) groups is 1. The highest BCUT2D eigenvalue weighted by Crippen LogP contribution is 2.33. The number of benzene rings is 2. The van der Waals surface area contributed by atoms with Gasteiger partial charge in [0.2, 0.25) is 5.91 Å². The molecule has 6 heteroatoms. The van der Waals surface area contributed by atoms with E-state index in [1.165, 1.54) is 16.0 Å². The average molecular weight is 455 g/mol. The van der Waals surface area contributed by atoms with Crippen molar-refractivity contribution in [2.75, 3.05) is 18.1 Å². The van der Waals surface area contributed by atoms with Crippen molar-refractivity contribution in [3.8, 4) is 0 Å². The van der Waals surface area contributed by atoms with Gasteiger partial charge in [0, 0.05) is 16.8 Å². The van der Waals surface area contributed by atoms with E-state index in [1.807, 2.05) is 16.7 Å². The van der Waals surface area contributed by atoms with E-state index in [1.54, 1.807) is 11.3 Å². The molecule has 4 nitrogen and oxygen atoms in total. The molecule has 1 saturated heterocycles. The summed E-state index contributed by atoms with van der Waals surface area (Å²) in [6.07, 6.45) is 2.50. The van der Waals surface area contributed by atoms with Crippen LogP contribution in [0.4, 0.5) is 5.13 Å². The summed E-state index contributed by atoms with van der Waals surface area (Å²) in [6.45, 7) is 9.92. The Kier molecular flexibility index (Phi) is 6.99. The lowest BCUT2D eigenvalue weighted by atomic mass is 10.1. The molecule has 31 heavy (non-hydrogen) atoms. The fourth-order valence-electron chi connectivity index (χ4n) is 3.84. The summed E-state index contributed by atoms with van der Waals surface area (Å²) in [7, 11) is 0. The van der Waals surface area contributed by atoms with Gasteiger partial charge in [-0.25, -0.2) is 4.98 Å². The third-order valence-corrected chi connectivity index (χ3v) is 7.73. The number of hydrogen-bond acceptors (Lipinski definition) is 5. The van der Waals surface area contributed by atoms with Gasteiger partial charge in [-0.15, -0.1) is 11.8 Å². The Morgan fingerprint density at radius 2 is 2.00 bits per heavy atom. The first-order valence-electron chi connectivity index (χ1n) is 10.9. The van der Waals surface area contributed by atoms with Crippen molar-refractivity contribution < 1.29 is 9.53 Å². The largest absolute Gasteiger partial charge is 0.376 e. The predicted octanol–water partition coefficient (Wildman–Crippen LogP) is 6.17. The Labute approximate surface area is 193 Å². The monoisotopic (exact) mass is 454 g/mol. The second-order valence-electron chi connectivity index (χ2n) is 8.48. The quantitative estimate of drug-likeness (QED) is 0.401. The first-order chi connectivity index (χ1) is 14.9. The maximum absolute atomic E-state index is 13.4. The van der Waals surface area contributed by atoms with E-state index in [0.717, 1.165) is 40.4 Å². The molecule has 1 aliphatic heterocycles. The Morgan fingerprint density at radius 1 is 1.23 bits per heavy atom. The molecule has 1 aliphatic rings. The molecule has 1 amide bonds. The molecule has 0 radical (unpaired) electrons. The fraction of sp³-hybridized carbons (Fsp3) is 0.440. The zero-order valence-corrected chi connectivity index (χ0v) is 20.3. The SMILES string of the molecule is Cc1ccc2sc(N(CC3CCCO3)C(=O)Cc3ccc(SC(C)C)cc3)nc2c1C. The van der Waals surface area contributed by atoms with Crippen molar-refractivity contribution in [3.05, 3.63) is 53.1 Å². The van der Waals surface area contributed by atoms with Gasteiger partial charge in [-0.05, 0) is 61.6 Å². The summed E-state index contributed by atoms with van der Waals surface area (Å²) in [5, 5.41) is 1.32. The number of rotatable bonds is 7. The maximum Gasteiger partial charge on any atom is 0.233 e. The number of ether oxygens (including phenoxy) is 1. The molecule has 1 unspecified atom stereocenters. The van der Waals surface area contributed by atoms with Crippen molar-refractivity contribution in [3.63, 3.8) is 0 Å². The molecule has 1 fully saturated rings. The molecule has 0 N–H and O–H groups in total. The Morgan fingerprint density at radius 3 is 2.68 bits per heavy atom. The molecule has 164 valence electrons. The van der Waals surface area contributed by atoms with E-state index in [2.05, 4.69) is 64.1 Å². The van der Waals surface area contributed by atoms with Crippen LogP contribution in [0.2, 0.25) is 0 Å². The highest BCUT2D eigenvalue weighted by atomic mass is 32.2. The second kappa shape index (κ2) is 9.72. The third-order valence-electron chi connectivity index (χ3n) is 5.67. The van der Waals surface area contributed by atoms with E-state index in [0.29, 0.717) is 18.2 Å². The van der Waals surface area contributed by atoms with E-state index in [4.69, 9.17) is 9.72 Å². The van der Waals surface area contributed by atoms with Crippen LogP contribution in [0.15, 0.2) is 41.3 Å². The summed E-state index contributed by atoms with van der Waals surface area (Å²) < 4.78 is 6.98. The van der Waals surface area contributed by atoms with Gasteiger partial charge in [0.15, 0.2) is 5.13 Å². The van der Waals surface area contributed by atoms with Crippen molar-refractivity contribution >= 4 is 44.4 Å². The van der Waals surface area contributed by atoms with Gasteiger partial charge in [-0.2, -0.15) is 0 Å². The summed E-state index contributed by atoms with van der Waals surface area (Å²) in [5.74, 6) is 0.0770. The molecular formula is C25H30N2O2S2. The van der Waals surface area contributed by atoms with Crippen LogP contribution in [0.3, 0.4) is 0 Å². The maximum atomic E-state index is 13.4. The number of aromatic nitrogens is 1. The smallest absolute Gasteiger partial charge is 0.233 e. The van der Waals surface area contributed by atoms with Crippen LogP contribution in [0.25, 0.3) is 10.2 Å². The molecule has 1 atom stereocenters. The van der Waals surface area contributed by atoms with Crippen LogP contribution in [-0.4, -0.2) is 35.4 Å². The van der Waals surface area contributed by atoms with Gasteiger partial charge in [0.1, 0.15) is 0 Å². The Bertz CT molecular complexity index is 1050. The lowest BCUT2D eigenvalue weighted by Crippen LogP contribution is -2.38. The number of anilines is 1. The molecule has 3 aromatic rings. The topological polar surface area (TPSA) is 42.4 Å². The number of aryl methyl sites for hydroxylation is 2. The molecule has 0 saturated carbocycles. The molecule has 4 rings (SSSR count). The lowest BCUT2D eigenvalue weighted by Gasteiger charge is -2.23. The second-order valence-corrected chi connectivity index (χ2v) is 11.1. The number of fused-ring (bicyclic) bond motifs is 1. The minimum atomic E-state index is 0.0770. The standard InChI is InChI=1S/C25H30N2O2S2/c1-16(2)30-21-10-8-19(9-11-21)14-23(28)27(15-20-6-5-13-29-20)25-26-24-18(4)17(3)7-12-22(24)31-25/h7-12,16,20H,5-6,13-15H2,1-4H3. The van der Waals surface area contributed by atoms with E-state index < -0.39 is 0 Å². The Balaban J connectivity index is 1.58. The highest BCUT2D eigenvalue weighted by Gasteiger charge is 2.26. The van der Waals surface area contributed by atoms with Gasteiger partial charge in [0.05, 0.1) is 29.3 Å². The van der Waals surface area contributed by atoms with Gasteiger partial charge < -0.3 is 4.74 Å². The van der Waals surface area contributed by atoms with Crippen LogP contribution in [0.1, 0.15) is 43.4 Å². The van der Waals surface area contributed by atoms with Crippen molar-refractivity contribution in [1.29, 1.82) is 0 Å². The normalized spacial score (nSPS) is 16.4. The van der Waals surface area contributed by atoms with E-state index in [9.17, 15) is 4.79 Å². The first kappa shape index (κ1) is 22.3. The number of thiazole rings is 1. The highest BCUT2D eigenvalue weighted by molar-refractivity contribution is 7.99. The van der Waals surface area contributed by atoms with Crippen molar-refractivity contribution in [2.45, 2.75) is 63.2 Å².